The van der Waals surface area contributed by atoms with Gasteiger partial charge in [-0.1, -0.05) is 35.9 Å². The van der Waals surface area contributed by atoms with E-state index in [1.54, 1.807) is 0 Å². The number of aryl methyl sites for hydroxylation is 1. The van der Waals surface area contributed by atoms with Crippen molar-refractivity contribution >= 4 is 44.4 Å². The summed E-state index contributed by atoms with van der Waals surface area (Å²) in [4.78, 5) is 10.7. The summed E-state index contributed by atoms with van der Waals surface area (Å²) < 4.78 is 27.7. The first-order valence-electron chi connectivity index (χ1n) is 9.31. The minimum absolute atomic E-state index is 0.104. The number of nitrogens with one attached hydrogen (secondary N) is 2. The van der Waals surface area contributed by atoms with E-state index in [-0.39, 0.29) is 10.6 Å². The fourth-order valence-electron chi connectivity index (χ4n) is 3.31. The SMILES string of the molecule is O=[N+]([O-])c1cc(S(=O)(=O)Nc2ccc(Cl)cc2)ccc1NN=C1CCc2ccccc21. The van der Waals surface area contributed by atoms with Crippen LogP contribution < -0.4 is 10.1 Å². The lowest BCUT2D eigenvalue weighted by Gasteiger charge is -2.10. The molecule has 0 spiro atoms. The van der Waals surface area contributed by atoms with Crippen LogP contribution in [0.2, 0.25) is 5.02 Å². The van der Waals surface area contributed by atoms with Crippen LogP contribution in [-0.4, -0.2) is 19.1 Å². The van der Waals surface area contributed by atoms with Crippen LogP contribution >= 0.6 is 11.6 Å². The molecule has 1 aliphatic carbocycles. The molecule has 3 aromatic rings. The van der Waals surface area contributed by atoms with E-state index in [0.717, 1.165) is 30.2 Å². The van der Waals surface area contributed by atoms with Crippen molar-refractivity contribution in [1.29, 1.82) is 0 Å². The van der Waals surface area contributed by atoms with Crippen LogP contribution in [0.25, 0.3) is 0 Å². The number of hydrogen-bond acceptors (Lipinski definition) is 6. The van der Waals surface area contributed by atoms with E-state index >= 15 is 0 Å². The predicted octanol–water partition coefficient (Wildman–Crippen LogP) is 4.81. The number of nitrogens with zero attached hydrogens (tertiary/aromatic N) is 2. The van der Waals surface area contributed by atoms with Crippen LogP contribution in [-0.2, 0) is 16.4 Å². The van der Waals surface area contributed by atoms with Gasteiger partial charge in [-0.25, -0.2) is 8.42 Å². The molecular weight excluding hydrogens is 440 g/mol. The summed E-state index contributed by atoms with van der Waals surface area (Å²) in [6.45, 7) is 0. The maximum Gasteiger partial charge on any atom is 0.295 e. The third-order valence-corrected chi connectivity index (χ3v) is 6.47. The molecule has 0 radical (unpaired) electrons. The standard InChI is InChI=1S/C21H17ClN4O4S/c22-15-6-8-16(9-7-15)25-31(29,30)17-10-12-20(21(13-17)26(27)28)24-23-19-11-5-14-3-1-2-4-18(14)19/h1-4,6-10,12-13,24-25H,5,11H2. The van der Waals surface area contributed by atoms with Crippen LogP contribution in [0, 0.1) is 10.1 Å². The van der Waals surface area contributed by atoms with Crippen LogP contribution in [0.3, 0.4) is 0 Å². The Bertz CT molecular complexity index is 1290. The molecule has 0 aromatic heterocycles. The summed E-state index contributed by atoms with van der Waals surface area (Å²) in [6, 6.07) is 17.5. The molecule has 0 aliphatic heterocycles. The first-order chi connectivity index (χ1) is 14.8. The van der Waals surface area contributed by atoms with Gasteiger partial charge in [0.2, 0.25) is 0 Å². The fraction of sp³-hybridized carbons (Fsp3) is 0.0952. The maximum absolute atomic E-state index is 12.7. The quantitative estimate of drug-likeness (QED) is 0.408. The van der Waals surface area contributed by atoms with Gasteiger partial charge in [0.25, 0.3) is 15.7 Å². The molecule has 2 N–H and O–H groups in total. The third-order valence-electron chi connectivity index (χ3n) is 4.84. The lowest BCUT2D eigenvalue weighted by atomic mass is 10.1. The molecule has 8 nitrogen and oxygen atoms in total. The van der Waals surface area contributed by atoms with Crippen molar-refractivity contribution in [2.45, 2.75) is 17.7 Å². The van der Waals surface area contributed by atoms with E-state index < -0.39 is 20.6 Å². The molecule has 0 amide bonds. The molecule has 0 saturated heterocycles. The lowest BCUT2D eigenvalue weighted by Crippen LogP contribution is -2.13. The van der Waals surface area contributed by atoms with Gasteiger partial charge in [-0.15, -0.1) is 0 Å². The zero-order valence-electron chi connectivity index (χ0n) is 16.1. The first kappa shape index (κ1) is 20.8. The zero-order chi connectivity index (χ0) is 22.0. The summed E-state index contributed by atoms with van der Waals surface area (Å²) >= 11 is 5.81. The summed E-state index contributed by atoms with van der Waals surface area (Å²) in [7, 11) is -4.03. The minimum atomic E-state index is -4.03. The summed E-state index contributed by atoms with van der Waals surface area (Å²) in [5.74, 6) is 0. The van der Waals surface area contributed by atoms with Gasteiger partial charge in [-0.05, 0) is 54.8 Å². The number of anilines is 2. The van der Waals surface area contributed by atoms with E-state index in [4.69, 9.17) is 11.6 Å². The number of hydrazone groups is 1. The van der Waals surface area contributed by atoms with E-state index in [1.807, 2.05) is 24.3 Å². The van der Waals surface area contributed by atoms with Crippen molar-refractivity contribution in [1.82, 2.24) is 0 Å². The second-order valence-electron chi connectivity index (χ2n) is 6.88. The van der Waals surface area contributed by atoms with Crippen LogP contribution in [0.5, 0.6) is 0 Å². The Morgan fingerprint density at radius 2 is 1.74 bits per heavy atom. The number of nitro benzene ring substituents is 1. The summed E-state index contributed by atoms with van der Waals surface area (Å²) in [6.07, 6.45) is 1.57. The van der Waals surface area contributed by atoms with E-state index in [9.17, 15) is 18.5 Å². The number of halogens is 1. The number of fused-ring (bicyclic) bond motifs is 1. The maximum atomic E-state index is 12.7. The summed E-state index contributed by atoms with van der Waals surface area (Å²) in [5, 5.41) is 16.4. The minimum Gasteiger partial charge on any atom is -0.280 e. The number of sulfonamides is 1. The van der Waals surface area contributed by atoms with Gasteiger partial charge >= 0.3 is 0 Å². The molecule has 0 heterocycles. The third kappa shape index (κ3) is 4.52. The van der Waals surface area contributed by atoms with Gasteiger partial charge in [0.1, 0.15) is 5.69 Å². The van der Waals surface area contributed by atoms with E-state index in [0.29, 0.717) is 10.7 Å². The van der Waals surface area contributed by atoms with Crippen molar-refractivity contribution < 1.29 is 13.3 Å². The molecule has 0 saturated carbocycles. The van der Waals surface area contributed by atoms with Crippen LogP contribution in [0.4, 0.5) is 17.1 Å². The Morgan fingerprint density at radius 1 is 1.00 bits per heavy atom. The highest BCUT2D eigenvalue weighted by molar-refractivity contribution is 7.92. The average Bonchev–Trinajstić information content (AvgIpc) is 3.16. The normalized spacial score (nSPS) is 14.3. The number of hydrogen-bond donors (Lipinski definition) is 2. The van der Waals surface area contributed by atoms with E-state index in [1.165, 1.54) is 42.0 Å². The van der Waals surface area contributed by atoms with Crippen molar-refractivity contribution in [3.05, 3.63) is 93.0 Å². The molecular formula is C21H17ClN4O4S. The highest BCUT2D eigenvalue weighted by atomic mass is 35.5. The van der Waals surface area contributed by atoms with Crippen molar-refractivity contribution in [2.75, 3.05) is 10.1 Å². The van der Waals surface area contributed by atoms with Crippen molar-refractivity contribution in [3.8, 4) is 0 Å². The second kappa shape index (κ2) is 8.37. The average molecular weight is 457 g/mol. The van der Waals surface area contributed by atoms with Gasteiger partial charge in [-0.3, -0.25) is 20.3 Å². The molecule has 158 valence electrons. The second-order valence-corrected chi connectivity index (χ2v) is 8.99. The highest BCUT2D eigenvalue weighted by Gasteiger charge is 2.22. The molecule has 1 aliphatic rings. The fourth-order valence-corrected chi connectivity index (χ4v) is 4.51. The topological polar surface area (TPSA) is 114 Å². The molecule has 0 fully saturated rings. The molecule has 4 rings (SSSR count). The molecule has 0 unspecified atom stereocenters. The molecule has 0 atom stereocenters. The van der Waals surface area contributed by atoms with Gasteiger partial charge in [0.15, 0.2) is 0 Å². The van der Waals surface area contributed by atoms with Crippen LogP contribution in [0.1, 0.15) is 17.5 Å². The van der Waals surface area contributed by atoms with Gasteiger partial charge in [0, 0.05) is 22.3 Å². The van der Waals surface area contributed by atoms with Crippen molar-refractivity contribution in [3.63, 3.8) is 0 Å². The number of benzene rings is 3. The largest absolute Gasteiger partial charge is 0.295 e. The van der Waals surface area contributed by atoms with Gasteiger partial charge in [0.05, 0.1) is 15.5 Å². The van der Waals surface area contributed by atoms with Gasteiger partial charge in [-0.2, -0.15) is 5.10 Å². The molecule has 10 heteroatoms. The molecule has 31 heavy (non-hydrogen) atoms. The number of rotatable bonds is 6. The Hall–Kier alpha value is -3.43. The predicted molar refractivity (Wildman–Crippen MR) is 120 cm³/mol. The Labute approximate surface area is 183 Å². The lowest BCUT2D eigenvalue weighted by molar-refractivity contribution is -0.384. The van der Waals surface area contributed by atoms with Crippen molar-refractivity contribution in [2.24, 2.45) is 5.10 Å². The van der Waals surface area contributed by atoms with E-state index in [2.05, 4.69) is 15.2 Å². The van der Waals surface area contributed by atoms with Crippen LogP contribution in [0.15, 0.2) is 76.7 Å². The Kier molecular flexibility index (Phi) is 5.62. The van der Waals surface area contributed by atoms with Gasteiger partial charge < -0.3 is 0 Å². The number of nitro groups is 1. The smallest absolute Gasteiger partial charge is 0.280 e. The first-order valence-corrected chi connectivity index (χ1v) is 11.2. The summed E-state index contributed by atoms with van der Waals surface area (Å²) in [5.41, 5.74) is 5.71. The Balaban J connectivity index is 1.60. The zero-order valence-corrected chi connectivity index (χ0v) is 17.7. The monoisotopic (exact) mass is 456 g/mol. The molecule has 0 bridgehead atoms. The highest BCUT2D eigenvalue weighted by Crippen LogP contribution is 2.30. The molecule has 3 aromatic carbocycles. The Morgan fingerprint density at radius 3 is 2.48 bits per heavy atom.